The zero-order valence-electron chi connectivity index (χ0n) is 15.7. The first-order valence-electron chi connectivity index (χ1n) is 8.66. The molecule has 0 saturated heterocycles. The predicted molar refractivity (Wildman–Crippen MR) is 98.8 cm³/mol. The molecule has 148 valence electrons. The molecule has 0 aliphatic carbocycles. The topological polar surface area (TPSA) is 88.1 Å². The van der Waals surface area contributed by atoms with Gasteiger partial charge in [-0.25, -0.2) is 14.4 Å². The van der Waals surface area contributed by atoms with Crippen molar-refractivity contribution in [3.63, 3.8) is 0 Å². The minimum absolute atomic E-state index is 0.0945. The van der Waals surface area contributed by atoms with E-state index in [0.29, 0.717) is 0 Å². The molecule has 7 nitrogen and oxygen atoms in total. The number of fused-ring (bicyclic) bond motifs is 1. The van der Waals surface area contributed by atoms with Gasteiger partial charge in [-0.3, -0.25) is 10.1 Å². The Morgan fingerprint density at radius 3 is 2.46 bits per heavy atom. The van der Waals surface area contributed by atoms with Crippen molar-refractivity contribution in [2.45, 2.75) is 38.6 Å². The van der Waals surface area contributed by atoms with Crippen LogP contribution in [0.3, 0.4) is 0 Å². The fraction of sp³-hybridized carbons (Fsp3) is 0.300. The second-order valence-corrected chi connectivity index (χ2v) is 7.41. The van der Waals surface area contributed by atoms with Crippen molar-refractivity contribution in [2.75, 3.05) is 4.90 Å². The van der Waals surface area contributed by atoms with E-state index in [9.17, 15) is 19.2 Å². The highest BCUT2D eigenvalue weighted by molar-refractivity contribution is 6.08. The fourth-order valence-corrected chi connectivity index (χ4v) is 3.09. The Labute approximate surface area is 161 Å². The Hall–Kier alpha value is -2.97. The van der Waals surface area contributed by atoms with E-state index in [-0.39, 0.29) is 17.8 Å². The molecule has 2 aromatic rings. The SMILES string of the molecule is CC(C)(C)OC(=O)N[C@@]1(OO)C(=O)N(Cc2ccccc2)c2cccc(F)c21. The molecule has 2 amide bonds. The summed E-state index contributed by atoms with van der Waals surface area (Å²) in [4.78, 5) is 31.1. The van der Waals surface area contributed by atoms with Gasteiger partial charge >= 0.3 is 6.09 Å². The molecule has 0 bridgehead atoms. The largest absolute Gasteiger partial charge is 0.444 e. The Balaban J connectivity index is 2.03. The van der Waals surface area contributed by atoms with Crippen LogP contribution < -0.4 is 10.2 Å². The van der Waals surface area contributed by atoms with Gasteiger partial charge in [0.15, 0.2) is 0 Å². The zero-order valence-corrected chi connectivity index (χ0v) is 15.7. The van der Waals surface area contributed by atoms with E-state index < -0.39 is 29.1 Å². The number of carbonyl (C=O) groups is 2. The number of rotatable bonds is 4. The summed E-state index contributed by atoms with van der Waals surface area (Å²) >= 11 is 0. The monoisotopic (exact) mass is 388 g/mol. The Morgan fingerprint density at radius 2 is 1.86 bits per heavy atom. The van der Waals surface area contributed by atoms with E-state index in [1.807, 2.05) is 6.07 Å². The van der Waals surface area contributed by atoms with E-state index in [1.165, 1.54) is 17.0 Å². The molecule has 0 fully saturated rings. The number of hydrogen-bond donors (Lipinski definition) is 2. The maximum absolute atomic E-state index is 14.7. The van der Waals surface area contributed by atoms with Crippen LogP contribution in [-0.4, -0.2) is 22.9 Å². The minimum Gasteiger partial charge on any atom is -0.444 e. The van der Waals surface area contributed by atoms with E-state index >= 15 is 0 Å². The molecule has 0 aromatic heterocycles. The minimum atomic E-state index is -2.45. The van der Waals surface area contributed by atoms with Gasteiger partial charge < -0.3 is 9.64 Å². The maximum Gasteiger partial charge on any atom is 0.410 e. The number of hydrogen-bond acceptors (Lipinski definition) is 5. The van der Waals surface area contributed by atoms with Gasteiger partial charge in [0.2, 0.25) is 0 Å². The number of nitrogens with one attached hydrogen (secondary N) is 1. The molecule has 1 aliphatic rings. The van der Waals surface area contributed by atoms with Gasteiger partial charge in [-0.15, -0.1) is 0 Å². The van der Waals surface area contributed by atoms with Gasteiger partial charge in [-0.2, -0.15) is 4.89 Å². The quantitative estimate of drug-likeness (QED) is 0.475. The smallest absolute Gasteiger partial charge is 0.410 e. The van der Waals surface area contributed by atoms with Gasteiger partial charge in [-0.1, -0.05) is 36.4 Å². The van der Waals surface area contributed by atoms with Crippen molar-refractivity contribution in [1.29, 1.82) is 0 Å². The zero-order chi connectivity index (χ0) is 20.5. The number of halogens is 1. The number of ether oxygens (including phenoxy) is 1. The van der Waals surface area contributed by atoms with E-state index in [4.69, 9.17) is 4.74 Å². The first kappa shape index (κ1) is 19.8. The first-order valence-corrected chi connectivity index (χ1v) is 8.66. The molecular weight excluding hydrogens is 367 g/mol. The Morgan fingerprint density at radius 1 is 1.18 bits per heavy atom. The van der Waals surface area contributed by atoms with Crippen LogP contribution in [0.1, 0.15) is 31.9 Å². The lowest BCUT2D eigenvalue weighted by molar-refractivity contribution is -0.322. The van der Waals surface area contributed by atoms with Gasteiger partial charge in [0.25, 0.3) is 11.6 Å². The van der Waals surface area contributed by atoms with E-state index in [0.717, 1.165) is 11.6 Å². The number of carbonyl (C=O) groups excluding carboxylic acids is 2. The van der Waals surface area contributed by atoms with Crippen LogP contribution in [0.15, 0.2) is 48.5 Å². The van der Waals surface area contributed by atoms with Crippen LogP contribution in [0.4, 0.5) is 14.9 Å². The standard InChI is InChI=1S/C20H21FN2O5/c1-19(2,3)27-18(25)22-20(28-26)16-14(21)10-7-11-15(16)23(17(20)24)12-13-8-5-4-6-9-13/h4-11,26H,12H2,1-3H3,(H,22,25)/t20-/m0/s1. The molecule has 1 aliphatic heterocycles. The molecule has 8 heteroatoms. The van der Waals surface area contributed by atoms with Gasteiger partial charge in [-0.05, 0) is 38.5 Å². The number of nitrogens with zero attached hydrogens (tertiary/aromatic N) is 1. The number of anilines is 1. The van der Waals surface area contributed by atoms with Crippen molar-refractivity contribution in [1.82, 2.24) is 5.32 Å². The molecule has 0 unspecified atom stereocenters. The summed E-state index contributed by atoms with van der Waals surface area (Å²) < 4.78 is 19.8. The van der Waals surface area contributed by atoms with Crippen molar-refractivity contribution in [2.24, 2.45) is 0 Å². The summed E-state index contributed by atoms with van der Waals surface area (Å²) in [5.41, 5.74) is -2.65. The van der Waals surface area contributed by atoms with Crippen LogP contribution >= 0.6 is 0 Å². The highest BCUT2D eigenvalue weighted by Crippen LogP contribution is 2.43. The highest BCUT2D eigenvalue weighted by Gasteiger charge is 2.57. The molecule has 28 heavy (non-hydrogen) atoms. The lowest BCUT2D eigenvalue weighted by Crippen LogP contribution is -2.55. The summed E-state index contributed by atoms with van der Waals surface area (Å²) in [6.45, 7) is 4.99. The van der Waals surface area contributed by atoms with Crippen molar-refractivity contribution in [3.8, 4) is 0 Å². The van der Waals surface area contributed by atoms with Crippen molar-refractivity contribution >= 4 is 17.7 Å². The van der Waals surface area contributed by atoms with Crippen LogP contribution in [0.2, 0.25) is 0 Å². The fourth-order valence-electron chi connectivity index (χ4n) is 3.09. The molecule has 2 aromatic carbocycles. The van der Waals surface area contributed by atoms with Crippen molar-refractivity contribution < 1.29 is 28.9 Å². The summed E-state index contributed by atoms with van der Waals surface area (Å²) in [5.74, 6) is -1.66. The summed E-state index contributed by atoms with van der Waals surface area (Å²) in [6.07, 6.45) is -1.04. The van der Waals surface area contributed by atoms with E-state index in [2.05, 4.69) is 10.2 Å². The maximum atomic E-state index is 14.7. The third-order valence-electron chi connectivity index (χ3n) is 4.18. The lowest BCUT2D eigenvalue weighted by Gasteiger charge is -2.28. The van der Waals surface area contributed by atoms with Crippen LogP contribution in [-0.2, 0) is 26.7 Å². The Bertz CT molecular complexity index is 897. The molecule has 1 atom stereocenters. The van der Waals surface area contributed by atoms with Crippen LogP contribution in [0, 0.1) is 5.82 Å². The average Bonchev–Trinajstić information content (AvgIpc) is 2.85. The summed E-state index contributed by atoms with van der Waals surface area (Å²) in [5, 5.41) is 11.8. The number of benzene rings is 2. The molecule has 0 saturated carbocycles. The molecule has 0 radical (unpaired) electrons. The van der Waals surface area contributed by atoms with Gasteiger partial charge in [0.05, 0.1) is 17.8 Å². The molecule has 1 heterocycles. The van der Waals surface area contributed by atoms with Crippen molar-refractivity contribution in [3.05, 3.63) is 65.5 Å². The van der Waals surface area contributed by atoms with Crippen LogP contribution in [0.5, 0.6) is 0 Å². The second kappa shape index (κ2) is 7.21. The summed E-state index contributed by atoms with van der Waals surface area (Å²) in [6, 6.07) is 13.1. The van der Waals surface area contributed by atoms with Gasteiger partial charge in [0.1, 0.15) is 11.4 Å². The number of alkyl carbamates (subject to hydrolysis) is 1. The molecule has 2 N–H and O–H groups in total. The molecule has 0 spiro atoms. The second-order valence-electron chi connectivity index (χ2n) is 7.41. The van der Waals surface area contributed by atoms with Crippen LogP contribution in [0.25, 0.3) is 0 Å². The predicted octanol–water partition coefficient (Wildman–Crippen LogP) is 3.54. The number of amides is 2. The Kier molecular flexibility index (Phi) is 5.10. The molecule has 3 rings (SSSR count). The van der Waals surface area contributed by atoms with Gasteiger partial charge in [0, 0.05) is 0 Å². The highest BCUT2D eigenvalue weighted by atomic mass is 19.1. The lowest BCUT2D eigenvalue weighted by atomic mass is 10.0. The normalized spacial score (nSPS) is 18.8. The third kappa shape index (κ3) is 3.56. The third-order valence-corrected chi connectivity index (χ3v) is 4.18. The molecular formula is C20H21FN2O5. The summed E-state index contributed by atoms with van der Waals surface area (Å²) in [7, 11) is 0. The average molecular weight is 388 g/mol. The van der Waals surface area contributed by atoms with E-state index in [1.54, 1.807) is 45.0 Å². The first-order chi connectivity index (χ1) is 13.2.